The van der Waals surface area contributed by atoms with Crippen molar-refractivity contribution >= 4 is 5.91 Å². The van der Waals surface area contributed by atoms with Crippen LogP contribution in [0.1, 0.15) is 33.6 Å². The number of hydrogen-bond acceptors (Lipinski definition) is 3. The molecule has 0 radical (unpaired) electrons. The first kappa shape index (κ1) is 15.4. The first-order valence-corrected chi connectivity index (χ1v) is 7.07. The van der Waals surface area contributed by atoms with E-state index in [4.69, 9.17) is 4.74 Å². The van der Waals surface area contributed by atoms with Crippen LogP contribution in [0.5, 0.6) is 0 Å². The lowest BCUT2D eigenvalue weighted by Gasteiger charge is -2.29. The van der Waals surface area contributed by atoms with E-state index in [9.17, 15) is 4.79 Å². The minimum absolute atomic E-state index is 0.0864. The molecular formula is C14H28N2O2. The van der Waals surface area contributed by atoms with Crippen LogP contribution < -0.4 is 5.32 Å². The smallest absolute Gasteiger partial charge is 0.225 e. The average Bonchev–Trinajstić information content (AvgIpc) is 2.85. The van der Waals surface area contributed by atoms with E-state index in [-0.39, 0.29) is 11.8 Å². The fourth-order valence-electron chi connectivity index (χ4n) is 2.24. The second-order valence-corrected chi connectivity index (χ2v) is 5.60. The van der Waals surface area contributed by atoms with Crippen molar-refractivity contribution in [3.8, 4) is 0 Å². The first-order valence-electron chi connectivity index (χ1n) is 7.07. The molecule has 2 unspecified atom stereocenters. The highest BCUT2D eigenvalue weighted by molar-refractivity contribution is 5.78. The van der Waals surface area contributed by atoms with Crippen LogP contribution in [0.15, 0.2) is 0 Å². The lowest BCUT2D eigenvalue weighted by Crippen LogP contribution is -2.45. The summed E-state index contributed by atoms with van der Waals surface area (Å²) >= 11 is 0. The number of nitrogens with zero attached hydrogens (tertiary/aromatic N) is 1. The number of ether oxygens (including phenoxy) is 1. The molecule has 2 atom stereocenters. The van der Waals surface area contributed by atoms with Gasteiger partial charge in [0.15, 0.2) is 0 Å². The minimum atomic E-state index is 0.0864. The van der Waals surface area contributed by atoms with Crippen molar-refractivity contribution in [2.24, 2.45) is 11.8 Å². The summed E-state index contributed by atoms with van der Waals surface area (Å²) in [5, 5.41) is 3.45. The molecule has 0 aromatic rings. The Hall–Kier alpha value is -0.610. The standard InChI is InChI=1S/C14H28N2O2/c1-11(2)12(3)14(17)16(8-9-18-4)10-13-6-5-7-15-13/h11-13,15H,5-10H2,1-4H3. The number of rotatable bonds is 7. The van der Waals surface area contributed by atoms with E-state index in [2.05, 4.69) is 19.2 Å². The van der Waals surface area contributed by atoms with E-state index < -0.39 is 0 Å². The molecule has 0 aliphatic carbocycles. The van der Waals surface area contributed by atoms with Crippen molar-refractivity contribution in [1.29, 1.82) is 0 Å². The average molecular weight is 256 g/mol. The van der Waals surface area contributed by atoms with Crippen molar-refractivity contribution in [1.82, 2.24) is 10.2 Å². The molecule has 4 nitrogen and oxygen atoms in total. The number of carbonyl (C=O) groups is 1. The highest BCUT2D eigenvalue weighted by Crippen LogP contribution is 2.15. The molecule has 4 heteroatoms. The zero-order valence-electron chi connectivity index (χ0n) is 12.2. The Bertz CT molecular complexity index is 250. The Balaban J connectivity index is 2.55. The van der Waals surface area contributed by atoms with Gasteiger partial charge < -0.3 is 15.0 Å². The molecule has 1 saturated heterocycles. The lowest BCUT2D eigenvalue weighted by atomic mass is 9.96. The maximum absolute atomic E-state index is 12.4. The largest absolute Gasteiger partial charge is 0.383 e. The predicted molar refractivity (Wildman–Crippen MR) is 73.5 cm³/mol. The summed E-state index contributed by atoms with van der Waals surface area (Å²) in [5.74, 6) is 0.734. The van der Waals surface area contributed by atoms with Gasteiger partial charge in [0, 0.05) is 32.2 Å². The number of amides is 1. The van der Waals surface area contributed by atoms with Gasteiger partial charge in [0.05, 0.1) is 6.61 Å². The van der Waals surface area contributed by atoms with Crippen molar-refractivity contribution < 1.29 is 9.53 Å². The van der Waals surface area contributed by atoms with Crippen molar-refractivity contribution in [3.05, 3.63) is 0 Å². The molecule has 1 amide bonds. The van der Waals surface area contributed by atoms with Gasteiger partial charge in [-0.05, 0) is 25.3 Å². The van der Waals surface area contributed by atoms with E-state index in [1.54, 1.807) is 7.11 Å². The van der Waals surface area contributed by atoms with Crippen LogP contribution in [0.2, 0.25) is 0 Å². The molecule has 106 valence electrons. The monoisotopic (exact) mass is 256 g/mol. The van der Waals surface area contributed by atoms with Gasteiger partial charge in [-0.3, -0.25) is 4.79 Å². The topological polar surface area (TPSA) is 41.6 Å². The van der Waals surface area contributed by atoms with E-state index in [0.717, 1.165) is 13.1 Å². The summed E-state index contributed by atoms with van der Waals surface area (Å²) in [6.45, 7) is 9.44. The predicted octanol–water partition coefficient (Wildman–Crippen LogP) is 1.51. The molecule has 1 fully saturated rings. The van der Waals surface area contributed by atoms with Gasteiger partial charge in [0.25, 0.3) is 0 Å². The molecule has 1 aliphatic heterocycles. The van der Waals surface area contributed by atoms with E-state index in [0.29, 0.717) is 25.1 Å². The van der Waals surface area contributed by atoms with Crippen LogP contribution in [-0.2, 0) is 9.53 Å². The Morgan fingerprint density at radius 3 is 2.67 bits per heavy atom. The molecule has 0 spiro atoms. The minimum Gasteiger partial charge on any atom is -0.383 e. The summed E-state index contributed by atoms with van der Waals surface area (Å²) in [4.78, 5) is 14.4. The van der Waals surface area contributed by atoms with Crippen LogP contribution in [-0.4, -0.2) is 50.2 Å². The normalized spacial score (nSPS) is 21.3. The summed E-state index contributed by atoms with van der Waals surface area (Å²) < 4.78 is 5.11. The van der Waals surface area contributed by atoms with Crippen LogP contribution in [0.4, 0.5) is 0 Å². The summed E-state index contributed by atoms with van der Waals surface area (Å²) in [6.07, 6.45) is 2.39. The molecule has 0 bridgehead atoms. The second-order valence-electron chi connectivity index (χ2n) is 5.60. The molecule has 0 aromatic heterocycles. The Morgan fingerprint density at radius 2 is 2.17 bits per heavy atom. The molecule has 1 heterocycles. The lowest BCUT2D eigenvalue weighted by molar-refractivity contribution is -0.137. The quantitative estimate of drug-likeness (QED) is 0.750. The zero-order chi connectivity index (χ0) is 13.5. The van der Waals surface area contributed by atoms with Gasteiger partial charge in [-0.15, -0.1) is 0 Å². The molecule has 1 aliphatic rings. The molecule has 0 saturated carbocycles. The number of methoxy groups -OCH3 is 1. The maximum Gasteiger partial charge on any atom is 0.225 e. The van der Waals surface area contributed by atoms with E-state index >= 15 is 0 Å². The van der Waals surface area contributed by atoms with Crippen molar-refractivity contribution in [2.45, 2.75) is 39.7 Å². The maximum atomic E-state index is 12.4. The fourth-order valence-corrected chi connectivity index (χ4v) is 2.24. The molecule has 1 rings (SSSR count). The number of carbonyl (C=O) groups excluding carboxylic acids is 1. The summed E-state index contributed by atoms with van der Waals surface area (Å²) in [5.41, 5.74) is 0. The van der Waals surface area contributed by atoms with Crippen LogP contribution in [0.3, 0.4) is 0 Å². The van der Waals surface area contributed by atoms with Crippen molar-refractivity contribution in [3.63, 3.8) is 0 Å². The number of nitrogens with one attached hydrogen (secondary N) is 1. The van der Waals surface area contributed by atoms with Gasteiger partial charge in [-0.2, -0.15) is 0 Å². The van der Waals surface area contributed by atoms with Crippen LogP contribution >= 0.6 is 0 Å². The summed E-state index contributed by atoms with van der Waals surface area (Å²) in [7, 11) is 1.68. The zero-order valence-corrected chi connectivity index (χ0v) is 12.2. The fraction of sp³-hybridized carbons (Fsp3) is 0.929. The SMILES string of the molecule is COCCN(CC1CCCN1)C(=O)C(C)C(C)C. The van der Waals surface area contributed by atoms with Gasteiger partial charge >= 0.3 is 0 Å². The van der Waals surface area contributed by atoms with Gasteiger partial charge in [-0.1, -0.05) is 20.8 Å². The third kappa shape index (κ3) is 4.58. The van der Waals surface area contributed by atoms with Gasteiger partial charge in [-0.25, -0.2) is 0 Å². The highest BCUT2D eigenvalue weighted by atomic mass is 16.5. The molecular weight excluding hydrogens is 228 g/mol. The second kappa shape index (κ2) is 7.74. The van der Waals surface area contributed by atoms with E-state index in [1.807, 2.05) is 11.8 Å². The number of hydrogen-bond donors (Lipinski definition) is 1. The third-order valence-electron chi connectivity index (χ3n) is 3.87. The van der Waals surface area contributed by atoms with Gasteiger partial charge in [0.1, 0.15) is 0 Å². The molecule has 1 N–H and O–H groups in total. The third-order valence-corrected chi connectivity index (χ3v) is 3.87. The van der Waals surface area contributed by atoms with Crippen LogP contribution in [0, 0.1) is 11.8 Å². The van der Waals surface area contributed by atoms with Gasteiger partial charge in [0.2, 0.25) is 5.91 Å². The Morgan fingerprint density at radius 1 is 1.44 bits per heavy atom. The van der Waals surface area contributed by atoms with Crippen LogP contribution in [0.25, 0.3) is 0 Å². The van der Waals surface area contributed by atoms with E-state index in [1.165, 1.54) is 12.8 Å². The van der Waals surface area contributed by atoms with Crippen molar-refractivity contribution in [2.75, 3.05) is 33.4 Å². The highest BCUT2D eigenvalue weighted by Gasteiger charge is 2.26. The first-order chi connectivity index (χ1) is 8.56. The molecule has 18 heavy (non-hydrogen) atoms. The molecule has 0 aromatic carbocycles. The Labute approximate surface area is 111 Å². The Kier molecular flexibility index (Phi) is 6.65. The summed E-state index contributed by atoms with van der Waals surface area (Å²) in [6, 6.07) is 0.463.